The number of allylic oxidation sites excluding steroid dienone is 1. The average Bonchev–Trinajstić information content (AvgIpc) is 2.52. The van der Waals surface area contributed by atoms with Crippen LogP contribution in [0.1, 0.15) is 24.5 Å². The highest BCUT2D eigenvalue weighted by Crippen LogP contribution is 2.16. The van der Waals surface area contributed by atoms with Gasteiger partial charge in [-0.2, -0.15) is 11.8 Å². The molecule has 0 saturated heterocycles. The third kappa shape index (κ3) is 5.66. The molecule has 2 aromatic rings. The third-order valence-corrected chi connectivity index (χ3v) is 4.31. The van der Waals surface area contributed by atoms with E-state index in [0.717, 1.165) is 5.75 Å². The molecule has 0 saturated carbocycles. The van der Waals surface area contributed by atoms with Crippen LogP contribution in [0.3, 0.4) is 0 Å². The molecule has 2 aromatic carbocycles. The molecule has 1 heteroatoms. The lowest BCUT2D eigenvalue weighted by Crippen LogP contribution is -1.92. The van der Waals surface area contributed by atoms with Crippen molar-refractivity contribution >= 4 is 17.8 Å². The molecule has 0 aliphatic heterocycles. The monoisotopic (exact) mass is 282 g/mol. The molecule has 1 atom stereocenters. The van der Waals surface area contributed by atoms with Crippen LogP contribution in [0.5, 0.6) is 0 Å². The SMILES string of the molecule is CC(/C=C/c1ccccc1)CCSCc1ccccc1. The van der Waals surface area contributed by atoms with Crippen molar-refractivity contribution < 1.29 is 0 Å². The van der Waals surface area contributed by atoms with E-state index in [1.807, 2.05) is 11.8 Å². The minimum atomic E-state index is 0.637. The molecule has 20 heavy (non-hydrogen) atoms. The molecule has 0 radical (unpaired) electrons. The first-order valence-corrected chi connectivity index (χ1v) is 8.35. The van der Waals surface area contributed by atoms with Gasteiger partial charge in [0.05, 0.1) is 0 Å². The predicted octanol–water partition coefficient (Wildman–Crippen LogP) is 5.66. The van der Waals surface area contributed by atoms with Gasteiger partial charge in [0.2, 0.25) is 0 Å². The van der Waals surface area contributed by atoms with Crippen molar-refractivity contribution in [3.63, 3.8) is 0 Å². The van der Waals surface area contributed by atoms with Crippen molar-refractivity contribution in [1.29, 1.82) is 0 Å². The van der Waals surface area contributed by atoms with Crippen molar-refractivity contribution in [1.82, 2.24) is 0 Å². The van der Waals surface area contributed by atoms with Gasteiger partial charge in [-0.25, -0.2) is 0 Å². The van der Waals surface area contributed by atoms with Crippen molar-refractivity contribution in [3.8, 4) is 0 Å². The molecule has 0 fully saturated rings. The summed E-state index contributed by atoms with van der Waals surface area (Å²) in [6, 6.07) is 21.2. The van der Waals surface area contributed by atoms with Gasteiger partial charge in [-0.1, -0.05) is 79.7 Å². The van der Waals surface area contributed by atoms with Crippen LogP contribution >= 0.6 is 11.8 Å². The third-order valence-electron chi connectivity index (χ3n) is 3.25. The lowest BCUT2D eigenvalue weighted by Gasteiger charge is -2.06. The lowest BCUT2D eigenvalue weighted by molar-refractivity contribution is 0.708. The van der Waals surface area contributed by atoms with E-state index in [0.29, 0.717) is 5.92 Å². The maximum absolute atomic E-state index is 2.32. The van der Waals surface area contributed by atoms with Gasteiger partial charge in [0, 0.05) is 5.75 Å². The quantitative estimate of drug-likeness (QED) is 0.590. The summed E-state index contributed by atoms with van der Waals surface area (Å²) in [6.07, 6.45) is 5.78. The van der Waals surface area contributed by atoms with Gasteiger partial charge < -0.3 is 0 Å². The Kier molecular flexibility index (Phi) is 6.46. The minimum absolute atomic E-state index is 0.637. The van der Waals surface area contributed by atoms with Crippen LogP contribution in [0.15, 0.2) is 66.7 Å². The van der Waals surface area contributed by atoms with Crippen LogP contribution in [-0.4, -0.2) is 5.75 Å². The number of thioether (sulfide) groups is 1. The smallest absolute Gasteiger partial charge is 0.0184 e. The highest BCUT2D eigenvalue weighted by molar-refractivity contribution is 7.98. The Bertz CT molecular complexity index is 502. The first kappa shape index (κ1) is 14.9. The normalized spacial score (nSPS) is 12.7. The number of hydrogen-bond donors (Lipinski definition) is 0. The Labute approximate surface area is 126 Å². The second-order valence-corrected chi connectivity index (χ2v) is 6.18. The molecule has 0 amide bonds. The highest BCUT2D eigenvalue weighted by atomic mass is 32.2. The van der Waals surface area contributed by atoms with E-state index in [9.17, 15) is 0 Å². The van der Waals surface area contributed by atoms with E-state index < -0.39 is 0 Å². The van der Waals surface area contributed by atoms with Gasteiger partial charge >= 0.3 is 0 Å². The number of hydrogen-bond acceptors (Lipinski definition) is 1. The summed E-state index contributed by atoms with van der Waals surface area (Å²) < 4.78 is 0. The van der Waals surface area contributed by atoms with E-state index in [2.05, 4.69) is 79.7 Å². The summed E-state index contributed by atoms with van der Waals surface area (Å²) in [5.41, 5.74) is 2.71. The van der Waals surface area contributed by atoms with Gasteiger partial charge in [0.1, 0.15) is 0 Å². The largest absolute Gasteiger partial charge is 0.157 e. The standard InChI is InChI=1S/C19H22S/c1-17(12-13-18-8-4-2-5-9-18)14-15-20-16-19-10-6-3-7-11-19/h2-13,17H,14-16H2,1H3/b13-12+. The van der Waals surface area contributed by atoms with E-state index in [1.165, 1.54) is 23.3 Å². The molecule has 0 aliphatic rings. The van der Waals surface area contributed by atoms with Gasteiger partial charge in [-0.3, -0.25) is 0 Å². The summed E-state index contributed by atoms with van der Waals surface area (Å²) >= 11 is 2.02. The minimum Gasteiger partial charge on any atom is -0.157 e. The van der Waals surface area contributed by atoms with Crippen LogP contribution in [0, 0.1) is 5.92 Å². The molecular formula is C19H22S. The van der Waals surface area contributed by atoms with Crippen LogP contribution < -0.4 is 0 Å². The zero-order valence-electron chi connectivity index (χ0n) is 12.0. The molecular weight excluding hydrogens is 260 g/mol. The first-order valence-electron chi connectivity index (χ1n) is 7.19. The van der Waals surface area contributed by atoms with Crippen molar-refractivity contribution in [2.45, 2.75) is 19.1 Å². The average molecular weight is 282 g/mol. The number of rotatable bonds is 7. The zero-order chi connectivity index (χ0) is 14.0. The Morgan fingerprint density at radius 1 is 0.950 bits per heavy atom. The predicted molar refractivity (Wildman–Crippen MR) is 91.9 cm³/mol. The molecule has 0 heterocycles. The fraction of sp³-hybridized carbons (Fsp3) is 0.263. The molecule has 1 unspecified atom stereocenters. The molecule has 104 valence electrons. The summed E-state index contributed by atoms with van der Waals surface area (Å²) in [5.74, 6) is 2.98. The Hall–Kier alpha value is -1.47. The summed E-state index contributed by atoms with van der Waals surface area (Å²) in [4.78, 5) is 0. The van der Waals surface area contributed by atoms with Crippen molar-refractivity contribution in [3.05, 3.63) is 77.9 Å². The second kappa shape index (κ2) is 8.65. The summed E-state index contributed by atoms with van der Waals surface area (Å²) in [5, 5.41) is 0. The van der Waals surface area contributed by atoms with Crippen molar-refractivity contribution in [2.75, 3.05) is 5.75 Å². The maximum Gasteiger partial charge on any atom is 0.0184 e. The topological polar surface area (TPSA) is 0 Å². The molecule has 0 aliphatic carbocycles. The second-order valence-electron chi connectivity index (χ2n) is 5.07. The lowest BCUT2D eigenvalue weighted by atomic mass is 10.1. The molecule has 0 aromatic heterocycles. The van der Waals surface area contributed by atoms with Crippen LogP contribution in [0.25, 0.3) is 6.08 Å². The zero-order valence-corrected chi connectivity index (χ0v) is 12.9. The van der Waals surface area contributed by atoms with Gasteiger partial charge in [0.25, 0.3) is 0 Å². The van der Waals surface area contributed by atoms with E-state index >= 15 is 0 Å². The fourth-order valence-electron chi connectivity index (χ4n) is 1.97. The maximum atomic E-state index is 2.32. The molecule has 0 spiro atoms. The van der Waals surface area contributed by atoms with Crippen LogP contribution in [0.4, 0.5) is 0 Å². The summed E-state index contributed by atoms with van der Waals surface area (Å²) in [7, 11) is 0. The van der Waals surface area contributed by atoms with Crippen molar-refractivity contribution in [2.24, 2.45) is 5.92 Å². The van der Waals surface area contributed by atoms with E-state index in [1.54, 1.807) is 0 Å². The van der Waals surface area contributed by atoms with Crippen LogP contribution in [-0.2, 0) is 5.75 Å². The van der Waals surface area contributed by atoms with Gasteiger partial charge in [0.15, 0.2) is 0 Å². The fourth-order valence-corrected chi connectivity index (χ4v) is 3.08. The molecule has 2 rings (SSSR count). The molecule has 0 N–H and O–H groups in total. The van der Waals surface area contributed by atoms with Gasteiger partial charge in [-0.15, -0.1) is 0 Å². The first-order chi connectivity index (χ1) is 9.84. The molecule has 0 nitrogen and oxygen atoms in total. The Morgan fingerprint density at radius 3 is 2.30 bits per heavy atom. The highest BCUT2D eigenvalue weighted by Gasteiger charge is 1.98. The summed E-state index contributed by atoms with van der Waals surface area (Å²) in [6.45, 7) is 2.29. The Morgan fingerprint density at radius 2 is 1.60 bits per heavy atom. The van der Waals surface area contributed by atoms with Crippen LogP contribution in [0.2, 0.25) is 0 Å². The van der Waals surface area contributed by atoms with E-state index in [4.69, 9.17) is 0 Å². The Balaban J connectivity index is 1.65. The van der Waals surface area contributed by atoms with E-state index in [-0.39, 0.29) is 0 Å². The number of benzene rings is 2. The molecule has 0 bridgehead atoms. The van der Waals surface area contributed by atoms with Gasteiger partial charge in [-0.05, 0) is 29.2 Å².